The Kier molecular flexibility index (Phi) is 3.60. The fourth-order valence-electron chi connectivity index (χ4n) is 1.08. The van der Waals surface area contributed by atoms with E-state index in [4.69, 9.17) is 0 Å². The first kappa shape index (κ1) is 11.4. The van der Waals surface area contributed by atoms with Crippen LogP contribution in [-0.2, 0) is 16.0 Å². The molecule has 0 atom stereocenters. The standard InChI is InChI=1S/C10H10F2O3/c1-14-6-3-8(11)7(9(12)4-6)5-10(13)15-2/h3-4H,5H2,1-2H3. The minimum absolute atomic E-state index is 0.0682. The lowest BCUT2D eigenvalue weighted by Crippen LogP contribution is -2.08. The zero-order chi connectivity index (χ0) is 11.4. The van der Waals surface area contributed by atoms with E-state index in [2.05, 4.69) is 9.47 Å². The van der Waals surface area contributed by atoms with E-state index in [1.165, 1.54) is 7.11 Å². The number of ether oxygens (including phenoxy) is 2. The van der Waals surface area contributed by atoms with E-state index in [0.29, 0.717) is 0 Å². The molecule has 5 heteroatoms. The highest BCUT2D eigenvalue weighted by Gasteiger charge is 2.15. The van der Waals surface area contributed by atoms with Crippen molar-refractivity contribution < 1.29 is 23.0 Å². The molecule has 0 amide bonds. The molecular weight excluding hydrogens is 206 g/mol. The van der Waals surface area contributed by atoms with Crippen LogP contribution in [0.25, 0.3) is 0 Å². The predicted molar refractivity (Wildman–Crippen MR) is 48.6 cm³/mol. The third-order valence-electron chi connectivity index (χ3n) is 1.90. The minimum atomic E-state index is -0.822. The average molecular weight is 216 g/mol. The number of carbonyl (C=O) groups excluding carboxylic acids is 1. The van der Waals surface area contributed by atoms with Crippen molar-refractivity contribution in [2.75, 3.05) is 14.2 Å². The summed E-state index contributed by atoms with van der Waals surface area (Å²) in [5.74, 6) is -2.27. The lowest BCUT2D eigenvalue weighted by atomic mass is 10.1. The summed E-state index contributed by atoms with van der Waals surface area (Å²) in [4.78, 5) is 10.9. The summed E-state index contributed by atoms with van der Waals surface area (Å²) >= 11 is 0. The SMILES string of the molecule is COC(=O)Cc1c(F)cc(OC)cc1F. The minimum Gasteiger partial charge on any atom is -0.497 e. The second-order valence-corrected chi connectivity index (χ2v) is 2.82. The molecule has 1 rings (SSSR count). The van der Waals surface area contributed by atoms with Gasteiger partial charge in [0.1, 0.15) is 17.4 Å². The summed E-state index contributed by atoms with van der Waals surface area (Å²) in [6.45, 7) is 0. The van der Waals surface area contributed by atoms with Crippen LogP contribution < -0.4 is 4.74 Å². The maximum atomic E-state index is 13.3. The van der Waals surface area contributed by atoms with Gasteiger partial charge in [-0.25, -0.2) is 8.78 Å². The summed E-state index contributed by atoms with van der Waals surface area (Å²) in [6, 6.07) is 2.03. The molecule has 0 unspecified atom stereocenters. The number of benzene rings is 1. The van der Waals surface area contributed by atoms with E-state index in [9.17, 15) is 13.6 Å². The molecule has 0 aliphatic rings. The highest BCUT2D eigenvalue weighted by molar-refractivity contribution is 5.72. The summed E-state index contributed by atoms with van der Waals surface area (Å²) in [7, 11) is 2.45. The lowest BCUT2D eigenvalue weighted by molar-refractivity contribution is -0.139. The van der Waals surface area contributed by atoms with Crippen molar-refractivity contribution in [2.45, 2.75) is 6.42 Å². The number of hydrogen-bond acceptors (Lipinski definition) is 3. The van der Waals surface area contributed by atoms with Gasteiger partial charge < -0.3 is 9.47 Å². The van der Waals surface area contributed by atoms with Gasteiger partial charge in [0, 0.05) is 17.7 Å². The molecule has 1 aromatic carbocycles. The molecule has 0 saturated heterocycles. The van der Waals surface area contributed by atoms with E-state index in [0.717, 1.165) is 19.2 Å². The van der Waals surface area contributed by atoms with E-state index < -0.39 is 24.0 Å². The Bertz CT molecular complexity index is 354. The van der Waals surface area contributed by atoms with Gasteiger partial charge in [0.05, 0.1) is 20.6 Å². The Hall–Kier alpha value is -1.65. The highest BCUT2D eigenvalue weighted by atomic mass is 19.1. The van der Waals surface area contributed by atoms with Gasteiger partial charge in [-0.3, -0.25) is 4.79 Å². The van der Waals surface area contributed by atoms with Crippen molar-refractivity contribution in [2.24, 2.45) is 0 Å². The Morgan fingerprint density at radius 3 is 2.20 bits per heavy atom. The molecule has 0 aromatic heterocycles. The number of esters is 1. The quantitative estimate of drug-likeness (QED) is 0.721. The second-order valence-electron chi connectivity index (χ2n) is 2.82. The van der Waals surface area contributed by atoms with Gasteiger partial charge in [-0.05, 0) is 0 Å². The summed E-state index contributed by atoms with van der Waals surface area (Å²) in [6.07, 6.45) is -0.432. The van der Waals surface area contributed by atoms with E-state index in [1.807, 2.05) is 0 Å². The first-order chi connectivity index (χ1) is 7.08. The molecular formula is C10H10F2O3. The van der Waals surface area contributed by atoms with Gasteiger partial charge in [0.25, 0.3) is 0 Å². The molecule has 3 nitrogen and oxygen atoms in total. The third kappa shape index (κ3) is 2.65. The van der Waals surface area contributed by atoms with Gasteiger partial charge in [-0.1, -0.05) is 0 Å². The topological polar surface area (TPSA) is 35.5 Å². The Morgan fingerprint density at radius 1 is 1.27 bits per heavy atom. The molecule has 15 heavy (non-hydrogen) atoms. The largest absolute Gasteiger partial charge is 0.497 e. The van der Waals surface area contributed by atoms with Crippen LogP contribution in [0.5, 0.6) is 5.75 Å². The average Bonchev–Trinajstić information content (AvgIpc) is 2.22. The predicted octanol–water partition coefficient (Wildman–Crippen LogP) is 1.69. The fraction of sp³-hybridized carbons (Fsp3) is 0.300. The van der Waals surface area contributed by atoms with E-state index in [-0.39, 0.29) is 11.3 Å². The Labute approximate surface area is 85.6 Å². The molecule has 0 bridgehead atoms. The van der Waals surface area contributed by atoms with Crippen LogP contribution in [-0.4, -0.2) is 20.2 Å². The van der Waals surface area contributed by atoms with Gasteiger partial charge in [-0.2, -0.15) is 0 Å². The van der Waals surface area contributed by atoms with Crippen LogP contribution in [0.4, 0.5) is 8.78 Å². The van der Waals surface area contributed by atoms with Crippen LogP contribution in [0, 0.1) is 11.6 Å². The number of hydrogen-bond donors (Lipinski definition) is 0. The molecule has 0 spiro atoms. The molecule has 1 aromatic rings. The van der Waals surface area contributed by atoms with Gasteiger partial charge in [-0.15, -0.1) is 0 Å². The monoisotopic (exact) mass is 216 g/mol. The van der Waals surface area contributed by atoms with Gasteiger partial charge >= 0.3 is 5.97 Å². The summed E-state index contributed by atoms with van der Waals surface area (Å²) in [5, 5.41) is 0. The van der Waals surface area contributed by atoms with Crippen LogP contribution >= 0.6 is 0 Å². The molecule has 0 aliphatic carbocycles. The first-order valence-corrected chi connectivity index (χ1v) is 4.17. The second kappa shape index (κ2) is 4.72. The van der Waals surface area contributed by atoms with Gasteiger partial charge in [0.15, 0.2) is 0 Å². The molecule has 0 fully saturated rings. The maximum Gasteiger partial charge on any atom is 0.310 e. The van der Waals surface area contributed by atoms with Crippen LogP contribution in [0.15, 0.2) is 12.1 Å². The number of methoxy groups -OCH3 is 2. The third-order valence-corrected chi connectivity index (χ3v) is 1.90. The van der Waals surface area contributed by atoms with Crippen LogP contribution in [0.2, 0.25) is 0 Å². The number of halogens is 2. The Morgan fingerprint density at radius 2 is 1.80 bits per heavy atom. The van der Waals surface area contributed by atoms with E-state index >= 15 is 0 Å². The van der Waals surface area contributed by atoms with Crippen LogP contribution in [0.1, 0.15) is 5.56 Å². The van der Waals surface area contributed by atoms with E-state index in [1.54, 1.807) is 0 Å². The fourth-order valence-corrected chi connectivity index (χ4v) is 1.08. The molecule has 0 radical (unpaired) electrons. The molecule has 0 heterocycles. The maximum absolute atomic E-state index is 13.3. The van der Waals surface area contributed by atoms with Crippen molar-refractivity contribution in [3.63, 3.8) is 0 Å². The molecule has 0 saturated carbocycles. The van der Waals surface area contributed by atoms with Crippen molar-refractivity contribution in [3.05, 3.63) is 29.3 Å². The number of rotatable bonds is 3. The van der Waals surface area contributed by atoms with Gasteiger partial charge in [0.2, 0.25) is 0 Å². The zero-order valence-electron chi connectivity index (χ0n) is 8.34. The molecule has 0 aliphatic heterocycles. The smallest absolute Gasteiger partial charge is 0.310 e. The number of carbonyl (C=O) groups is 1. The van der Waals surface area contributed by atoms with Crippen molar-refractivity contribution in [3.8, 4) is 5.75 Å². The Balaban J connectivity index is 3.03. The lowest BCUT2D eigenvalue weighted by Gasteiger charge is -2.06. The van der Waals surface area contributed by atoms with Crippen molar-refractivity contribution in [1.82, 2.24) is 0 Å². The van der Waals surface area contributed by atoms with Crippen molar-refractivity contribution >= 4 is 5.97 Å². The molecule has 82 valence electrons. The first-order valence-electron chi connectivity index (χ1n) is 4.17. The highest BCUT2D eigenvalue weighted by Crippen LogP contribution is 2.20. The molecule has 0 N–H and O–H groups in total. The normalized spacial score (nSPS) is 9.87. The summed E-state index contributed by atoms with van der Waals surface area (Å²) < 4.78 is 35.5. The van der Waals surface area contributed by atoms with Crippen molar-refractivity contribution in [1.29, 1.82) is 0 Å². The zero-order valence-corrected chi connectivity index (χ0v) is 8.34. The summed E-state index contributed by atoms with van der Waals surface area (Å²) in [5.41, 5.74) is -0.317. The van der Waals surface area contributed by atoms with Crippen LogP contribution in [0.3, 0.4) is 0 Å².